The van der Waals surface area contributed by atoms with Gasteiger partial charge in [0.1, 0.15) is 18.8 Å². The van der Waals surface area contributed by atoms with Gasteiger partial charge in [0.05, 0.1) is 16.8 Å². The summed E-state index contributed by atoms with van der Waals surface area (Å²) in [5.41, 5.74) is -0.692. The number of sulfonamides is 1. The third kappa shape index (κ3) is 6.63. The number of ether oxygens (including phenoxy) is 1. The standard InChI is InChI=1S/C23H28F3N7O4S2/c1-14(29-20-16-5-4-6-17(23(24,25)26)19(16)27-13-28-20)11-32-7-9-33(10-8-32)39(35,36)21-15(2)30-22(38-21)31-18(34)12-37-3/h4-6,13-14H,7-12H2,1-3H3,(H,27,28,29)(H,30,31,34)/t14-/m0/s1. The molecule has 0 unspecified atom stereocenters. The molecule has 3 heterocycles. The van der Waals surface area contributed by atoms with Gasteiger partial charge in [-0.1, -0.05) is 17.4 Å². The van der Waals surface area contributed by atoms with Crippen molar-refractivity contribution < 1.29 is 31.1 Å². The summed E-state index contributed by atoms with van der Waals surface area (Å²) in [6.45, 7) is 5.24. The Labute approximate surface area is 227 Å². The molecule has 16 heteroatoms. The molecule has 4 rings (SSSR count). The van der Waals surface area contributed by atoms with Crippen LogP contribution in [0.25, 0.3) is 10.9 Å². The second-order valence-electron chi connectivity index (χ2n) is 9.04. The van der Waals surface area contributed by atoms with Crippen LogP contribution in [-0.4, -0.2) is 91.0 Å². The fourth-order valence-corrected chi connectivity index (χ4v) is 7.32. The Balaban J connectivity index is 1.37. The number of anilines is 2. The number of fused-ring (bicyclic) bond motifs is 1. The van der Waals surface area contributed by atoms with E-state index in [2.05, 4.69) is 30.5 Å². The van der Waals surface area contributed by atoms with Crippen molar-refractivity contribution in [1.29, 1.82) is 0 Å². The Morgan fingerprint density at radius 2 is 1.92 bits per heavy atom. The molecule has 212 valence electrons. The molecule has 1 amide bonds. The first-order valence-electron chi connectivity index (χ1n) is 12.0. The number of benzene rings is 1. The van der Waals surface area contributed by atoms with Gasteiger partial charge in [0.25, 0.3) is 15.9 Å². The molecule has 0 saturated carbocycles. The highest BCUT2D eigenvalue weighted by Gasteiger charge is 2.34. The number of piperazine rings is 1. The highest BCUT2D eigenvalue weighted by atomic mass is 32.2. The third-order valence-electron chi connectivity index (χ3n) is 6.07. The number of hydrogen-bond acceptors (Lipinski definition) is 10. The van der Waals surface area contributed by atoms with Gasteiger partial charge < -0.3 is 10.1 Å². The van der Waals surface area contributed by atoms with E-state index in [-0.39, 0.29) is 46.0 Å². The van der Waals surface area contributed by atoms with Gasteiger partial charge in [-0.3, -0.25) is 15.0 Å². The minimum atomic E-state index is -4.53. The molecule has 1 aliphatic heterocycles. The Morgan fingerprint density at radius 1 is 1.21 bits per heavy atom. The predicted octanol–water partition coefficient (Wildman–Crippen LogP) is 2.81. The molecule has 1 aromatic carbocycles. The Morgan fingerprint density at radius 3 is 2.59 bits per heavy atom. The number of alkyl halides is 3. The maximum Gasteiger partial charge on any atom is 0.418 e. The van der Waals surface area contributed by atoms with Crippen LogP contribution >= 0.6 is 11.3 Å². The molecule has 1 aliphatic rings. The number of nitrogens with zero attached hydrogens (tertiary/aromatic N) is 5. The molecule has 0 spiro atoms. The molecule has 0 bridgehead atoms. The predicted molar refractivity (Wildman–Crippen MR) is 140 cm³/mol. The minimum Gasteiger partial charge on any atom is -0.375 e. The molecule has 2 N–H and O–H groups in total. The lowest BCUT2D eigenvalue weighted by Crippen LogP contribution is -2.50. The van der Waals surface area contributed by atoms with Crippen LogP contribution in [0.2, 0.25) is 0 Å². The molecule has 0 radical (unpaired) electrons. The van der Waals surface area contributed by atoms with E-state index in [1.54, 1.807) is 13.0 Å². The van der Waals surface area contributed by atoms with Crippen LogP contribution < -0.4 is 10.6 Å². The van der Waals surface area contributed by atoms with Crippen molar-refractivity contribution in [3.05, 3.63) is 35.8 Å². The topological polar surface area (TPSA) is 130 Å². The monoisotopic (exact) mass is 587 g/mol. The van der Waals surface area contributed by atoms with Crippen molar-refractivity contribution >= 4 is 49.1 Å². The van der Waals surface area contributed by atoms with E-state index in [9.17, 15) is 26.4 Å². The van der Waals surface area contributed by atoms with E-state index in [1.807, 2.05) is 6.92 Å². The van der Waals surface area contributed by atoms with Crippen molar-refractivity contribution in [2.45, 2.75) is 30.3 Å². The fraction of sp³-hybridized carbons (Fsp3) is 0.478. The number of para-hydroxylation sites is 1. The molecule has 39 heavy (non-hydrogen) atoms. The number of rotatable bonds is 9. The molecule has 0 aliphatic carbocycles. The number of nitrogens with one attached hydrogen (secondary N) is 2. The molecular weight excluding hydrogens is 559 g/mol. The zero-order chi connectivity index (χ0) is 28.4. The Kier molecular flexibility index (Phi) is 8.70. The van der Waals surface area contributed by atoms with Crippen molar-refractivity contribution in [2.24, 2.45) is 0 Å². The number of aryl methyl sites for hydroxylation is 1. The number of hydrogen-bond donors (Lipinski definition) is 2. The summed E-state index contributed by atoms with van der Waals surface area (Å²) in [5.74, 6) is -0.129. The van der Waals surface area contributed by atoms with Gasteiger partial charge in [0.2, 0.25) is 0 Å². The van der Waals surface area contributed by atoms with Gasteiger partial charge in [-0.25, -0.2) is 23.4 Å². The summed E-state index contributed by atoms with van der Waals surface area (Å²) in [7, 11) is -2.43. The lowest BCUT2D eigenvalue weighted by Gasteiger charge is -2.35. The Bertz CT molecular complexity index is 1440. The summed E-state index contributed by atoms with van der Waals surface area (Å²) >= 11 is 0.896. The lowest BCUT2D eigenvalue weighted by atomic mass is 10.1. The van der Waals surface area contributed by atoms with Crippen LogP contribution in [0, 0.1) is 6.92 Å². The first-order valence-corrected chi connectivity index (χ1v) is 14.2. The second-order valence-corrected chi connectivity index (χ2v) is 12.2. The average Bonchev–Trinajstić information content (AvgIpc) is 3.24. The van der Waals surface area contributed by atoms with E-state index >= 15 is 0 Å². The normalized spacial score (nSPS) is 16.4. The molecular formula is C23H28F3N7O4S2. The molecule has 2 aromatic heterocycles. The summed E-state index contributed by atoms with van der Waals surface area (Å²) in [6, 6.07) is 3.66. The van der Waals surface area contributed by atoms with E-state index in [4.69, 9.17) is 4.74 Å². The van der Waals surface area contributed by atoms with Crippen LogP contribution in [0.3, 0.4) is 0 Å². The molecule has 1 fully saturated rings. The van der Waals surface area contributed by atoms with Gasteiger partial charge in [0, 0.05) is 51.3 Å². The maximum atomic E-state index is 13.4. The first kappa shape index (κ1) is 29.1. The van der Waals surface area contributed by atoms with Gasteiger partial charge in [0.15, 0.2) is 9.34 Å². The highest BCUT2D eigenvalue weighted by molar-refractivity contribution is 7.91. The van der Waals surface area contributed by atoms with Crippen LogP contribution in [0.4, 0.5) is 24.1 Å². The number of carbonyl (C=O) groups excluding carboxylic acids is 1. The number of thiazole rings is 1. The largest absolute Gasteiger partial charge is 0.418 e. The van der Waals surface area contributed by atoms with E-state index < -0.39 is 27.7 Å². The summed E-state index contributed by atoms with van der Waals surface area (Å²) in [4.78, 5) is 26.0. The number of carbonyl (C=O) groups is 1. The summed E-state index contributed by atoms with van der Waals surface area (Å²) in [5, 5.41) is 6.16. The van der Waals surface area contributed by atoms with Crippen LogP contribution in [0.15, 0.2) is 28.7 Å². The number of methoxy groups -OCH3 is 1. The second kappa shape index (κ2) is 11.7. The maximum absolute atomic E-state index is 13.4. The summed E-state index contributed by atoms with van der Waals surface area (Å²) < 4.78 is 72.9. The zero-order valence-corrected chi connectivity index (χ0v) is 23.1. The Hall–Kier alpha value is -2.92. The molecule has 1 saturated heterocycles. The SMILES string of the molecule is COCC(=O)Nc1nc(C)c(S(=O)(=O)N2CCN(C[C@H](C)Nc3ncnc4c(C(F)(F)F)cccc34)CC2)s1. The van der Waals surface area contributed by atoms with Crippen LogP contribution in [0.5, 0.6) is 0 Å². The van der Waals surface area contributed by atoms with Crippen molar-refractivity contribution in [3.8, 4) is 0 Å². The minimum absolute atomic E-state index is 0.0765. The lowest BCUT2D eigenvalue weighted by molar-refractivity contribution is -0.136. The van der Waals surface area contributed by atoms with Crippen molar-refractivity contribution in [1.82, 2.24) is 24.2 Å². The van der Waals surface area contributed by atoms with Gasteiger partial charge in [-0.05, 0) is 26.0 Å². The molecule has 1 atom stereocenters. The van der Waals surface area contributed by atoms with Crippen LogP contribution in [0.1, 0.15) is 18.2 Å². The quantitative estimate of drug-likeness (QED) is 0.388. The van der Waals surface area contributed by atoms with Gasteiger partial charge >= 0.3 is 6.18 Å². The summed E-state index contributed by atoms with van der Waals surface area (Å²) in [6.07, 6.45) is -3.43. The van der Waals surface area contributed by atoms with Gasteiger partial charge in [-0.2, -0.15) is 17.5 Å². The number of aromatic nitrogens is 3. The zero-order valence-electron chi connectivity index (χ0n) is 21.4. The molecule has 11 nitrogen and oxygen atoms in total. The smallest absolute Gasteiger partial charge is 0.375 e. The van der Waals surface area contributed by atoms with E-state index in [0.717, 1.165) is 23.7 Å². The third-order valence-corrected chi connectivity index (χ3v) is 9.62. The number of amides is 1. The van der Waals surface area contributed by atoms with Gasteiger partial charge in [-0.15, -0.1) is 0 Å². The molecule has 3 aromatic rings. The van der Waals surface area contributed by atoms with E-state index in [0.29, 0.717) is 31.1 Å². The van der Waals surface area contributed by atoms with Crippen LogP contribution in [-0.2, 0) is 25.7 Å². The van der Waals surface area contributed by atoms with Crippen molar-refractivity contribution in [2.75, 3.05) is 57.1 Å². The van der Waals surface area contributed by atoms with Crippen molar-refractivity contribution in [3.63, 3.8) is 0 Å². The first-order chi connectivity index (χ1) is 18.4. The fourth-order valence-electron chi connectivity index (χ4n) is 4.33. The van der Waals surface area contributed by atoms with E-state index in [1.165, 1.54) is 17.5 Å². The highest BCUT2D eigenvalue weighted by Crippen LogP contribution is 2.35. The average molecular weight is 588 g/mol. The number of halogens is 3.